The van der Waals surface area contributed by atoms with E-state index in [4.69, 9.17) is 4.74 Å². The number of nitrogens with zero attached hydrogens (tertiary/aromatic N) is 1. The Morgan fingerprint density at radius 1 is 1.48 bits per heavy atom. The Balaban J connectivity index is 0.000000816. The molecule has 0 aromatic heterocycles. The highest BCUT2D eigenvalue weighted by atomic mass is 16.5. The Bertz CT molecular complexity index is 568. The molecule has 1 heterocycles. The van der Waals surface area contributed by atoms with Gasteiger partial charge in [-0.05, 0) is 49.0 Å². The highest BCUT2D eigenvalue weighted by Crippen LogP contribution is 2.40. The largest absolute Gasteiger partial charge is 0.504 e. The molecule has 0 fully saturated rings. The lowest BCUT2D eigenvalue weighted by Crippen LogP contribution is -2.34. The molecule has 4 N–H and O–H groups in total. The maximum atomic E-state index is 10.1. The lowest BCUT2D eigenvalue weighted by molar-refractivity contribution is 0.291. The molecule has 0 unspecified atom stereocenters. The number of ether oxygens (including phenoxy) is 1. The molecule has 5 heteroatoms. The van der Waals surface area contributed by atoms with Crippen LogP contribution in [0.4, 0.5) is 5.69 Å². The summed E-state index contributed by atoms with van der Waals surface area (Å²) in [6.45, 7) is 13.1. The lowest BCUT2D eigenvalue weighted by atomic mass is 10.1. The molecular weight excluding hydrogens is 290 g/mol. The minimum Gasteiger partial charge on any atom is -0.504 e. The molecule has 0 bridgehead atoms. The molecule has 0 aliphatic carbocycles. The van der Waals surface area contributed by atoms with Crippen LogP contribution in [-0.4, -0.2) is 24.8 Å². The number of anilines is 1. The van der Waals surface area contributed by atoms with Crippen LogP contribution in [-0.2, 0) is 6.42 Å². The van der Waals surface area contributed by atoms with Crippen molar-refractivity contribution in [3.8, 4) is 11.5 Å². The first-order valence-corrected chi connectivity index (χ1v) is 7.66. The molecule has 0 amide bonds. The first-order valence-electron chi connectivity index (χ1n) is 7.66. The van der Waals surface area contributed by atoms with Gasteiger partial charge in [0.15, 0.2) is 11.5 Å². The van der Waals surface area contributed by atoms with Crippen molar-refractivity contribution in [2.24, 2.45) is 5.73 Å². The fourth-order valence-corrected chi connectivity index (χ4v) is 2.33. The van der Waals surface area contributed by atoms with Crippen molar-refractivity contribution in [3.63, 3.8) is 0 Å². The second-order valence-electron chi connectivity index (χ2n) is 5.18. The fourth-order valence-electron chi connectivity index (χ4n) is 2.33. The molecule has 126 valence electrons. The predicted molar refractivity (Wildman–Crippen MR) is 96.7 cm³/mol. The fraction of sp³-hybridized carbons (Fsp3) is 0.333. The quantitative estimate of drug-likeness (QED) is 0.779. The van der Waals surface area contributed by atoms with Crippen LogP contribution in [0.5, 0.6) is 11.5 Å². The summed E-state index contributed by atoms with van der Waals surface area (Å²) in [5, 5.41) is 13.1. The van der Waals surface area contributed by atoms with Crippen molar-refractivity contribution in [2.45, 2.75) is 20.3 Å². The molecule has 0 atom stereocenters. The van der Waals surface area contributed by atoms with Gasteiger partial charge in [0.25, 0.3) is 0 Å². The molecule has 0 saturated carbocycles. The molecule has 0 spiro atoms. The van der Waals surface area contributed by atoms with Gasteiger partial charge in [0.05, 0.1) is 12.2 Å². The molecular formula is C18H27N3O2. The minimum atomic E-state index is 0.231. The van der Waals surface area contributed by atoms with Crippen LogP contribution in [0.1, 0.15) is 19.4 Å². The van der Waals surface area contributed by atoms with E-state index in [0.717, 1.165) is 30.8 Å². The van der Waals surface area contributed by atoms with Crippen molar-refractivity contribution >= 4 is 5.69 Å². The van der Waals surface area contributed by atoms with Gasteiger partial charge in [0.2, 0.25) is 0 Å². The van der Waals surface area contributed by atoms with Crippen molar-refractivity contribution in [3.05, 3.63) is 55.0 Å². The summed E-state index contributed by atoms with van der Waals surface area (Å²) in [7, 11) is 0. The predicted octanol–water partition coefficient (Wildman–Crippen LogP) is 2.88. The van der Waals surface area contributed by atoms with Gasteiger partial charge < -0.3 is 25.8 Å². The van der Waals surface area contributed by atoms with Crippen LogP contribution in [0, 0.1) is 0 Å². The van der Waals surface area contributed by atoms with E-state index in [1.165, 1.54) is 11.8 Å². The third-order valence-electron chi connectivity index (χ3n) is 3.35. The van der Waals surface area contributed by atoms with E-state index in [1.807, 2.05) is 6.20 Å². The number of rotatable bonds is 5. The van der Waals surface area contributed by atoms with Crippen molar-refractivity contribution in [2.75, 3.05) is 24.6 Å². The number of aryl methyl sites for hydroxylation is 1. The average Bonchev–Trinajstić information content (AvgIpc) is 2.54. The van der Waals surface area contributed by atoms with Gasteiger partial charge >= 0.3 is 0 Å². The summed E-state index contributed by atoms with van der Waals surface area (Å²) in [4.78, 5) is 2.23. The van der Waals surface area contributed by atoms with E-state index in [9.17, 15) is 5.11 Å². The molecule has 1 aliphatic heterocycles. The van der Waals surface area contributed by atoms with Gasteiger partial charge in [-0.25, -0.2) is 0 Å². The molecule has 2 rings (SSSR count). The summed E-state index contributed by atoms with van der Waals surface area (Å²) >= 11 is 0. The summed E-state index contributed by atoms with van der Waals surface area (Å²) < 4.78 is 5.60. The first kappa shape index (κ1) is 18.5. The third-order valence-corrected chi connectivity index (χ3v) is 3.35. The maximum absolute atomic E-state index is 10.1. The van der Waals surface area contributed by atoms with Crippen LogP contribution in [0.25, 0.3) is 0 Å². The van der Waals surface area contributed by atoms with E-state index in [1.54, 1.807) is 12.3 Å². The summed E-state index contributed by atoms with van der Waals surface area (Å²) in [6.07, 6.45) is 5.73. The molecule has 0 saturated heterocycles. The summed E-state index contributed by atoms with van der Waals surface area (Å²) in [5.74, 6) is 0.827. The van der Waals surface area contributed by atoms with E-state index >= 15 is 0 Å². The summed E-state index contributed by atoms with van der Waals surface area (Å²) in [6, 6.07) is 3.88. The van der Waals surface area contributed by atoms with Crippen molar-refractivity contribution in [1.82, 2.24) is 5.32 Å². The Hall–Kier alpha value is -2.56. The first-order chi connectivity index (χ1) is 11.1. The normalized spacial score (nSPS) is 13.1. The van der Waals surface area contributed by atoms with Crippen molar-refractivity contribution in [1.29, 1.82) is 0 Å². The number of nitrogens with two attached hydrogens (primary N) is 1. The zero-order chi connectivity index (χ0) is 17.2. The molecule has 23 heavy (non-hydrogen) atoms. The van der Waals surface area contributed by atoms with Crippen LogP contribution in [0.15, 0.2) is 49.5 Å². The van der Waals surface area contributed by atoms with E-state index in [2.05, 4.69) is 49.0 Å². The number of phenols is 1. The van der Waals surface area contributed by atoms with Gasteiger partial charge in [0, 0.05) is 12.7 Å². The number of phenolic OH excluding ortho intramolecular Hbond substituents is 1. The van der Waals surface area contributed by atoms with Crippen LogP contribution < -0.4 is 20.7 Å². The molecule has 0 radical (unpaired) electrons. The van der Waals surface area contributed by atoms with Crippen LogP contribution >= 0.6 is 0 Å². The Labute approximate surface area is 138 Å². The number of nitrogens with one attached hydrogen (secondary N) is 1. The SMILES string of the molecule is C=CN.C=CN/C=C(\C)CN1CCOc2c(O)cc(CC)cc21. The zero-order valence-electron chi connectivity index (χ0n) is 14.0. The third kappa shape index (κ3) is 5.29. The van der Waals surface area contributed by atoms with Gasteiger partial charge in [-0.3, -0.25) is 0 Å². The van der Waals surface area contributed by atoms with E-state index < -0.39 is 0 Å². The second kappa shape index (κ2) is 9.46. The minimum absolute atomic E-state index is 0.231. The van der Waals surface area contributed by atoms with Crippen LogP contribution in [0.2, 0.25) is 0 Å². The number of aromatic hydroxyl groups is 1. The highest BCUT2D eigenvalue weighted by molar-refractivity contribution is 5.67. The summed E-state index contributed by atoms with van der Waals surface area (Å²) in [5.41, 5.74) is 7.89. The molecule has 1 aromatic carbocycles. The van der Waals surface area contributed by atoms with Gasteiger partial charge in [-0.1, -0.05) is 20.1 Å². The lowest BCUT2D eigenvalue weighted by Gasteiger charge is -2.32. The number of benzene rings is 1. The molecule has 1 aliphatic rings. The van der Waals surface area contributed by atoms with Crippen LogP contribution in [0.3, 0.4) is 0 Å². The Kier molecular flexibility index (Phi) is 7.60. The highest BCUT2D eigenvalue weighted by Gasteiger charge is 2.22. The average molecular weight is 317 g/mol. The number of fused-ring (bicyclic) bond motifs is 1. The van der Waals surface area contributed by atoms with Gasteiger partial charge in [-0.15, -0.1) is 0 Å². The number of hydrogen-bond donors (Lipinski definition) is 3. The van der Waals surface area contributed by atoms with E-state index in [0.29, 0.717) is 12.4 Å². The smallest absolute Gasteiger partial charge is 0.184 e. The van der Waals surface area contributed by atoms with Gasteiger partial charge in [0.1, 0.15) is 6.61 Å². The maximum Gasteiger partial charge on any atom is 0.184 e. The van der Waals surface area contributed by atoms with Crippen molar-refractivity contribution < 1.29 is 9.84 Å². The topological polar surface area (TPSA) is 70.8 Å². The molecule has 5 nitrogen and oxygen atoms in total. The Morgan fingerprint density at radius 2 is 2.17 bits per heavy atom. The number of hydrogen-bond acceptors (Lipinski definition) is 5. The van der Waals surface area contributed by atoms with Gasteiger partial charge in [-0.2, -0.15) is 0 Å². The monoisotopic (exact) mass is 317 g/mol. The second-order valence-corrected chi connectivity index (χ2v) is 5.18. The zero-order valence-corrected chi connectivity index (χ0v) is 14.0. The van der Waals surface area contributed by atoms with E-state index in [-0.39, 0.29) is 5.75 Å². The Morgan fingerprint density at radius 3 is 2.78 bits per heavy atom. The standard InChI is InChI=1S/C16H22N2O2.C2H5N/c1-4-13-8-14-16(15(19)9-13)20-7-6-18(14)11-12(3)10-17-5-2;1-2-3/h5,8-10,17,19H,2,4,6-7,11H2,1,3H3;2H,1,3H2/b12-10+;. The molecule has 1 aromatic rings.